The van der Waals surface area contributed by atoms with Gasteiger partial charge in [-0.1, -0.05) is 22.0 Å². The van der Waals surface area contributed by atoms with Gasteiger partial charge in [-0.05, 0) is 18.9 Å². The van der Waals surface area contributed by atoms with Gasteiger partial charge < -0.3 is 4.74 Å². The van der Waals surface area contributed by atoms with E-state index in [2.05, 4.69) is 15.9 Å². The maximum atomic E-state index is 12.4. The van der Waals surface area contributed by atoms with E-state index in [1.165, 1.54) is 12.2 Å². The molecule has 0 fully saturated rings. The largest absolute Gasteiger partial charge is 0.492 e. The van der Waals surface area contributed by atoms with Crippen LogP contribution in [-0.4, -0.2) is 18.1 Å². The van der Waals surface area contributed by atoms with Crippen molar-refractivity contribution in [1.29, 1.82) is 0 Å². The molecule has 0 radical (unpaired) electrons. The van der Waals surface area contributed by atoms with Gasteiger partial charge in [0.05, 0.1) is 12.2 Å². The van der Waals surface area contributed by atoms with E-state index in [-0.39, 0.29) is 12.4 Å². The lowest BCUT2D eigenvalue weighted by Crippen LogP contribution is -2.17. The third kappa shape index (κ3) is 3.04. The van der Waals surface area contributed by atoms with Gasteiger partial charge >= 0.3 is 6.18 Å². The molecule has 0 aromatic heterocycles. The van der Waals surface area contributed by atoms with Crippen LogP contribution in [0.1, 0.15) is 12.8 Å². The molecule has 0 atom stereocenters. The van der Waals surface area contributed by atoms with Crippen molar-refractivity contribution in [2.75, 3.05) is 11.9 Å². The molecule has 1 aliphatic carbocycles. The van der Waals surface area contributed by atoms with Gasteiger partial charge in [0.1, 0.15) is 5.76 Å². The van der Waals surface area contributed by atoms with Gasteiger partial charge in [-0.3, -0.25) is 0 Å². The average molecular weight is 271 g/mol. The van der Waals surface area contributed by atoms with Crippen LogP contribution >= 0.6 is 15.9 Å². The Morgan fingerprint density at radius 3 is 2.50 bits per heavy atom. The van der Waals surface area contributed by atoms with Crippen LogP contribution < -0.4 is 0 Å². The summed E-state index contributed by atoms with van der Waals surface area (Å²) < 4.78 is 42.3. The van der Waals surface area contributed by atoms with E-state index in [1.54, 1.807) is 0 Å². The zero-order chi connectivity index (χ0) is 10.6. The number of ether oxygens (including phenoxy) is 1. The predicted molar refractivity (Wildman–Crippen MR) is 51.2 cm³/mol. The summed E-state index contributed by atoms with van der Waals surface area (Å²) >= 11 is 3.09. The normalized spacial score (nSPS) is 17.4. The highest BCUT2D eigenvalue weighted by atomic mass is 79.9. The second-order valence-corrected chi connectivity index (χ2v) is 3.59. The summed E-state index contributed by atoms with van der Waals surface area (Å²) in [6, 6.07) is 0. The molecule has 0 N–H and O–H groups in total. The first-order valence-electron chi connectivity index (χ1n) is 4.22. The van der Waals surface area contributed by atoms with Crippen molar-refractivity contribution in [2.24, 2.45) is 0 Å². The van der Waals surface area contributed by atoms with Crippen molar-refractivity contribution in [1.82, 2.24) is 0 Å². The van der Waals surface area contributed by atoms with Crippen molar-refractivity contribution >= 4 is 15.9 Å². The summed E-state index contributed by atoms with van der Waals surface area (Å²) in [6.07, 6.45) is -0.596. The van der Waals surface area contributed by atoms with Gasteiger partial charge in [0.2, 0.25) is 0 Å². The summed E-state index contributed by atoms with van der Waals surface area (Å²) in [6.45, 7) is 0.249. The molecule has 1 rings (SSSR count). The van der Waals surface area contributed by atoms with Gasteiger partial charge in [0, 0.05) is 5.33 Å². The van der Waals surface area contributed by atoms with Crippen LogP contribution in [-0.2, 0) is 4.74 Å². The standard InChI is InChI=1S/C9H10BrF3O/c10-5-6-14-8-4-2-1-3-7(8)9(11,12)13/h3-4H,1-2,5-6H2. The number of halogens is 4. The van der Waals surface area contributed by atoms with Gasteiger partial charge in [-0.15, -0.1) is 0 Å². The highest BCUT2D eigenvalue weighted by Crippen LogP contribution is 2.34. The number of hydrogen-bond donors (Lipinski definition) is 0. The Morgan fingerprint density at radius 1 is 1.29 bits per heavy atom. The molecule has 0 aromatic carbocycles. The van der Waals surface area contributed by atoms with E-state index in [9.17, 15) is 13.2 Å². The van der Waals surface area contributed by atoms with Gasteiger partial charge in [0.25, 0.3) is 0 Å². The molecule has 0 bridgehead atoms. The Morgan fingerprint density at radius 2 is 1.93 bits per heavy atom. The Labute approximate surface area is 88.8 Å². The first-order valence-corrected chi connectivity index (χ1v) is 5.34. The van der Waals surface area contributed by atoms with Crippen LogP contribution in [0.15, 0.2) is 23.5 Å². The lowest BCUT2D eigenvalue weighted by molar-refractivity contribution is -0.0943. The number of rotatable bonds is 3. The van der Waals surface area contributed by atoms with Crippen LogP contribution in [0.2, 0.25) is 0 Å². The highest BCUT2D eigenvalue weighted by Gasteiger charge is 2.37. The lowest BCUT2D eigenvalue weighted by Gasteiger charge is -2.18. The molecule has 1 aliphatic rings. The molecule has 0 unspecified atom stereocenters. The van der Waals surface area contributed by atoms with Crippen molar-refractivity contribution < 1.29 is 17.9 Å². The predicted octanol–water partition coefficient (Wildman–Crippen LogP) is 3.56. The van der Waals surface area contributed by atoms with Crippen LogP contribution in [0.5, 0.6) is 0 Å². The summed E-state index contributed by atoms with van der Waals surface area (Å²) in [5, 5.41) is 0.523. The SMILES string of the molecule is FC(F)(F)C1=CCCC=C1OCCBr. The number of allylic oxidation sites excluding steroid dienone is 3. The average Bonchev–Trinajstić information content (AvgIpc) is 2.14. The number of alkyl halides is 4. The number of hydrogen-bond acceptors (Lipinski definition) is 1. The first kappa shape index (κ1) is 11.6. The summed E-state index contributed by atoms with van der Waals surface area (Å²) in [4.78, 5) is 0. The minimum absolute atomic E-state index is 0.0387. The molecule has 0 heterocycles. The molecule has 1 nitrogen and oxygen atoms in total. The van der Waals surface area contributed by atoms with Crippen LogP contribution in [0.4, 0.5) is 13.2 Å². The van der Waals surface area contributed by atoms with E-state index in [0.29, 0.717) is 18.2 Å². The topological polar surface area (TPSA) is 9.23 Å². The molecule has 0 spiro atoms. The minimum Gasteiger partial charge on any atom is -0.492 e. The van der Waals surface area contributed by atoms with E-state index in [1.807, 2.05) is 0 Å². The fourth-order valence-electron chi connectivity index (χ4n) is 1.19. The molecule has 0 aromatic rings. The molecule has 0 aliphatic heterocycles. The minimum atomic E-state index is -4.31. The second-order valence-electron chi connectivity index (χ2n) is 2.80. The van der Waals surface area contributed by atoms with Crippen molar-refractivity contribution in [2.45, 2.75) is 19.0 Å². The van der Waals surface area contributed by atoms with Gasteiger partial charge in [-0.2, -0.15) is 13.2 Å². The third-order valence-corrected chi connectivity index (χ3v) is 2.07. The monoisotopic (exact) mass is 270 g/mol. The van der Waals surface area contributed by atoms with E-state index < -0.39 is 11.7 Å². The molecule has 0 saturated carbocycles. The Balaban J connectivity index is 2.72. The first-order chi connectivity index (χ1) is 6.55. The van der Waals surface area contributed by atoms with Gasteiger partial charge in [-0.25, -0.2) is 0 Å². The third-order valence-electron chi connectivity index (χ3n) is 1.75. The smallest absolute Gasteiger partial charge is 0.419 e. The lowest BCUT2D eigenvalue weighted by atomic mass is 10.0. The van der Waals surface area contributed by atoms with E-state index in [4.69, 9.17) is 4.74 Å². The van der Waals surface area contributed by atoms with Crippen molar-refractivity contribution in [3.63, 3.8) is 0 Å². The molecule has 5 heteroatoms. The maximum Gasteiger partial charge on any atom is 0.419 e. The van der Waals surface area contributed by atoms with Crippen molar-refractivity contribution in [3.8, 4) is 0 Å². The molecular weight excluding hydrogens is 261 g/mol. The summed E-state index contributed by atoms with van der Waals surface area (Å²) in [5.41, 5.74) is -0.648. The zero-order valence-corrected chi connectivity index (χ0v) is 8.99. The highest BCUT2D eigenvalue weighted by molar-refractivity contribution is 9.09. The fourth-order valence-corrected chi connectivity index (χ4v) is 1.36. The summed E-state index contributed by atoms with van der Waals surface area (Å²) in [7, 11) is 0. The Hall–Kier alpha value is -0.450. The zero-order valence-electron chi connectivity index (χ0n) is 7.40. The molecule has 80 valence electrons. The molecule has 14 heavy (non-hydrogen) atoms. The quantitative estimate of drug-likeness (QED) is 0.713. The second kappa shape index (κ2) is 4.87. The van der Waals surface area contributed by atoms with Crippen LogP contribution in [0.25, 0.3) is 0 Å². The Bertz CT molecular complexity index is 255. The van der Waals surface area contributed by atoms with E-state index in [0.717, 1.165) is 0 Å². The van der Waals surface area contributed by atoms with Crippen LogP contribution in [0, 0.1) is 0 Å². The fraction of sp³-hybridized carbons (Fsp3) is 0.556. The summed E-state index contributed by atoms with van der Waals surface area (Å²) in [5.74, 6) is -0.0387. The van der Waals surface area contributed by atoms with Crippen molar-refractivity contribution in [3.05, 3.63) is 23.5 Å². The molecule has 0 amide bonds. The maximum absolute atomic E-state index is 12.4. The Kier molecular flexibility index (Phi) is 4.04. The van der Waals surface area contributed by atoms with Gasteiger partial charge in [0.15, 0.2) is 0 Å². The van der Waals surface area contributed by atoms with Crippen LogP contribution in [0.3, 0.4) is 0 Å². The van der Waals surface area contributed by atoms with E-state index >= 15 is 0 Å². The molecular formula is C9H10BrF3O. The molecule has 0 saturated heterocycles.